The van der Waals surface area contributed by atoms with Gasteiger partial charge in [-0.25, -0.2) is 26.9 Å². The Labute approximate surface area is 446 Å². The Balaban J connectivity index is 0.856. The van der Waals surface area contributed by atoms with E-state index in [0.717, 1.165) is 75.9 Å². The van der Waals surface area contributed by atoms with E-state index >= 15 is 0 Å². The monoisotopic (exact) mass is 1070 g/mol. The zero-order chi connectivity index (χ0) is 54.2. The molecule has 1 atom stereocenters. The summed E-state index contributed by atoms with van der Waals surface area (Å²) in [5.41, 5.74) is 2.83. The zero-order valence-electron chi connectivity index (χ0n) is 43.3. The summed E-state index contributed by atoms with van der Waals surface area (Å²) in [6, 6.07) is 23.2. The van der Waals surface area contributed by atoms with Gasteiger partial charge in [0.15, 0.2) is 5.75 Å². The third-order valence-corrected chi connectivity index (χ3v) is 17.6. The maximum atomic E-state index is 14.9. The molecule has 3 aromatic heterocycles. The van der Waals surface area contributed by atoms with E-state index in [0.29, 0.717) is 56.4 Å². The van der Waals surface area contributed by atoms with Crippen LogP contribution in [0.4, 0.5) is 26.0 Å². The number of halogens is 2. The molecule has 2 aliphatic carbocycles. The minimum atomic E-state index is -4.77. The molecule has 1 amide bonds. The number of nitro groups is 1. The number of hydrogen-bond donors (Lipinski definition) is 4. The number of benzene rings is 3. The van der Waals surface area contributed by atoms with Gasteiger partial charge in [0.2, 0.25) is 5.82 Å². The number of carbonyl (C=O) groups is 1. The fraction of sp³-hybridized carbons (Fsp3) is 0.421. The average molecular weight is 1070 g/mol. The second-order valence-electron chi connectivity index (χ2n) is 21.5. The molecular formula is C57H63F2N9O8S. The van der Waals surface area contributed by atoms with Crippen molar-refractivity contribution in [3.05, 3.63) is 135 Å². The number of ether oxygens (including phenoxy) is 2. The summed E-state index contributed by atoms with van der Waals surface area (Å²) in [4.78, 5) is 43.7. The number of aromatic nitrogens is 3. The Morgan fingerprint density at radius 3 is 2.44 bits per heavy atom. The number of fused-ring (bicyclic) bond motifs is 1. The molecule has 404 valence electrons. The van der Waals surface area contributed by atoms with Gasteiger partial charge in [-0.05, 0) is 110 Å². The van der Waals surface area contributed by atoms with Crippen molar-refractivity contribution in [2.24, 2.45) is 11.3 Å². The Hall–Kier alpha value is -7.18. The summed E-state index contributed by atoms with van der Waals surface area (Å²) >= 11 is 0. The number of rotatable bonds is 16. The number of piperazine rings is 1. The van der Waals surface area contributed by atoms with Crippen molar-refractivity contribution in [1.29, 1.82) is 0 Å². The van der Waals surface area contributed by atoms with Gasteiger partial charge in [0.25, 0.3) is 21.8 Å². The first-order chi connectivity index (χ1) is 36.9. The molecule has 1 spiro atoms. The number of nitrogens with zero attached hydrogens (tertiary/aromatic N) is 6. The van der Waals surface area contributed by atoms with E-state index in [4.69, 9.17) is 15.9 Å². The number of carbonyl (C=O) groups excluding carboxylic acids is 1. The van der Waals surface area contributed by atoms with Gasteiger partial charge in [0.1, 0.15) is 33.5 Å². The Bertz CT molecular complexity index is 3330. The van der Waals surface area contributed by atoms with Crippen molar-refractivity contribution in [2.45, 2.75) is 100 Å². The van der Waals surface area contributed by atoms with E-state index < -0.39 is 42.9 Å². The van der Waals surface area contributed by atoms with Crippen molar-refractivity contribution in [3.8, 4) is 29.7 Å². The van der Waals surface area contributed by atoms with E-state index in [1.165, 1.54) is 42.5 Å². The van der Waals surface area contributed by atoms with E-state index in [2.05, 4.69) is 79.0 Å². The zero-order valence-corrected chi connectivity index (χ0v) is 44.1. The number of amides is 1. The molecular weight excluding hydrogens is 1010 g/mol. The fourth-order valence-electron chi connectivity index (χ4n) is 11.9. The minimum Gasteiger partial charge on any atom is -0.478 e. The smallest absolute Gasteiger partial charge is 0.312 e. The van der Waals surface area contributed by atoms with Crippen molar-refractivity contribution in [3.63, 3.8) is 0 Å². The van der Waals surface area contributed by atoms with Gasteiger partial charge in [0, 0.05) is 88.0 Å². The van der Waals surface area contributed by atoms with E-state index in [1.807, 2.05) is 16.9 Å². The fourth-order valence-corrected chi connectivity index (χ4v) is 12.8. The number of anilines is 2. The number of sulfonamides is 1. The molecule has 0 bridgehead atoms. The van der Waals surface area contributed by atoms with Crippen LogP contribution in [-0.4, -0.2) is 107 Å². The molecule has 4 aliphatic rings. The van der Waals surface area contributed by atoms with Crippen LogP contribution in [0.2, 0.25) is 0 Å². The van der Waals surface area contributed by atoms with Crippen LogP contribution in [0.15, 0.2) is 96.2 Å². The summed E-state index contributed by atoms with van der Waals surface area (Å²) in [6.07, 6.45) is 13.4. The third-order valence-electron chi connectivity index (χ3n) is 16.3. The topological polar surface area (TPSA) is 208 Å². The number of H-pyrrole nitrogens is 1. The van der Waals surface area contributed by atoms with Gasteiger partial charge < -0.3 is 29.8 Å². The number of piperidine rings is 1. The lowest BCUT2D eigenvalue weighted by Gasteiger charge is -2.58. The molecule has 4 fully saturated rings. The van der Waals surface area contributed by atoms with Gasteiger partial charge in [-0.15, -0.1) is 6.42 Å². The normalized spacial score (nSPS) is 21.1. The van der Waals surface area contributed by atoms with Gasteiger partial charge in [-0.3, -0.25) is 24.7 Å². The maximum Gasteiger partial charge on any atom is 0.312 e. The summed E-state index contributed by atoms with van der Waals surface area (Å²) in [5, 5.41) is 25.7. The Morgan fingerprint density at radius 2 is 1.74 bits per heavy atom. The molecule has 6 aromatic rings. The molecule has 2 saturated carbocycles. The highest BCUT2D eigenvalue weighted by Gasteiger charge is 2.50. The molecule has 10 rings (SSSR count). The van der Waals surface area contributed by atoms with Crippen LogP contribution in [-0.2, 0) is 16.6 Å². The van der Waals surface area contributed by atoms with Gasteiger partial charge >= 0.3 is 5.69 Å². The van der Waals surface area contributed by atoms with Crippen LogP contribution >= 0.6 is 0 Å². The lowest BCUT2D eigenvalue weighted by atomic mass is 9.59. The number of aromatic amines is 1. The van der Waals surface area contributed by atoms with Crippen molar-refractivity contribution in [2.75, 3.05) is 56.6 Å². The highest BCUT2D eigenvalue weighted by Crippen LogP contribution is 2.53. The van der Waals surface area contributed by atoms with E-state index in [1.54, 1.807) is 12.1 Å². The van der Waals surface area contributed by atoms with Crippen LogP contribution < -0.4 is 24.4 Å². The molecule has 0 unspecified atom stereocenters. The largest absolute Gasteiger partial charge is 0.478 e. The van der Waals surface area contributed by atoms with Gasteiger partial charge in [-0.2, -0.15) is 4.98 Å². The second-order valence-corrected chi connectivity index (χ2v) is 23.2. The lowest BCUT2D eigenvalue weighted by Crippen LogP contribution is -2.60. The Morgan fingerprint density at radius 1 is 1.00 bits per heavy atom. The van der Waals surface area contributed by atoms with Crippen molar-refractivity contribution < 1.29 is 41.5 Å². The molecule has 77 heavy (non-hydrogen) atoms. The predicted molar refractivity (Wildman–Crippen MR) is 287 cm³/mol. The number of terminal acetylenes is 1. The molecule has 20 heteroatoms. The maximum absolute atomic E-state index is 14.9. The molecule has 5 heterocycles. The summed E-state index contributed by atoms with van der Waals surface area (Å²) in [6.45, 7) is 9.61. The van der Waals surface area contributed by atoms with Crippen LogP contribution in [0.1, 0.15) is 104 Å². The van der Waals surface area contributed by atoms with E-state index in [9.17, 15) is 37.2 Å². The third kappa shape index (κ3) is 11.3. The van der Waals surface area contributed by atoms with Crippen LogP contribution in [0.5, 0.6) is 17.4 Å². The molecule has 4 N–H and O–H groups in total. The lowest BCUT2D eigenvalue weighted by molar-refractivity contribution is -0.384. The van der Waals surface area contributed by atoms with Gasteiger partial charge in [0.05, 0.1) is 29.2 Å². The first kappa shape index (κ1) is 53.2. The number of aliphatic hydroxyl groups is 1. The summed E-state index contributed by atoms with van der Waals surface area (Å²) in [5.74, 6) is 0.560. The van der Waals surface area contributed by atoms with E-state index in [-0.39, 0.29) is 69.5 Å². The van der Waals surface area contributed by atoms with Crippen LogP contribution in [0.3, 0.4) is 0 Å². The Kier molecular flexibility index (Phi) is 15.0. The molecule has 2 aliphatic heterocycles. The second kappa shape index (κ2) is 21.7. The minimum absolute atomic E-state index is 0.0305. The van der Waals surface area contributed by atoms with Crippen molar-refractivity contribution >= 4 is 44.2 Å². The summed E-state index contributed by atoms with van der Waals surface area (Å²) < 4.78 is 70.4. The number of pyridine rings is 2. The molecule has 3 aromatic carbocycles. The summed E-state index contributed by atoms with van der Waals surface area (Å²) in [7, 11) is -3.41. The first-order valence-electron chi connectivity index (χ1n) is 26.2. The standard InChI is InChI=1S/C57H63F2N9O8S/c1-5-57(70)18-16-37(17-19-57)31-60-53-48(68(71)72)27-42(32-61-53)77(73,74)64-54(69)45-15-14-40(26-50(45)76-51-28-46-47(59)33-62-52(46)63-55(51)75-4)66-22-20-56(21-23-66)29-41(30-56)67-25-24-65(34-38-10-12-39(58)13-11-38)35-49(67)44-9-7-6-8-43(44)36(2)3/h1,6-15,26-28,32-33,36-37,41,49,70H,16-25,29-31,34-35H2,2-4H3,(H,60,61)(H,62,63)(H,64,69)/t37?,49-,57?/m0/s1. The average Bonchev–Trinajstić information content (AvgIpc) is 3.79. The SMILES string of the molecule is C#CC1(O)CCC(CNc2ncc(S(=O)(=O)NC(=O)c3ccc(N4CCC5(CC4)CC(N4CCN(Cc6ccc(F)cc6)C[C@H]4c4ccccc4C(C)C)C5)cc3Oc3cc4c(F)c[nH]c4nc3OC)cc2[N+](=O)[O-])CC1. The molecule has 17 nitrogen and oxygen atoms in total. The quantitative estimate of drug-likeness (QED) is 0.0405. The molecule has 2 saturated heterocycles. The number of hydrogen-bond acceptors (Lipinski definition) is 14. The first-order valence-corrected chi connectivity index (χ1v) is 27.7. The van der Waals surface area contributed by atoms with Crippen LogP contribution in [0.25, 0.3) is 11.0 Å². The highest BCUT2D eigenvalue weighted by atomic mass is 32.2. The van der Waals surface area contributed by atoms with Gasteiger partial charge in [-0.1, -0.05) is 56.2 Å². The number of nitrogens with one attached hydrogen (secondary N) is 3. The van der Waals surface area contributed by atoms with Crippen molar-refractivity contribution in [1.82, 2.24) is 29.5 Å². The number of methoxy groups -OCH3 is 1. The van der Waals surface area contributed by atoms with Crippen LogP contribution in [0, 0.1) is 45.4 Å². The highest BCUT2D eigenvalue weighted by molar-refractivity contribution is 7.90. The predicted octanol–water partition coefficient (Wildman–Crippen LogP) is 9.46. The molecule has 0 radical (unpaired) electrons.